The van der Waals surface area contributed by atoms with Crippen molar-refractivity contribution in [3.63, 3.8) is 0 Å². The molecule has 2 rings (SSSR count). The van der Waals surface area contributed by atoms with Gasteiger partial charge in [0.25, 0.3) is 0 Å². The SMILES string of the molecule is COC(=O)CN(CC(=O)OC)c1ccnc2ccccc12. The third-order valence-corrected chi connectivity index (χ3v) is 3.06. The normalized spacial score (nSPS) is 10.2. The zero-order valence-corrected chi connectivity index (χ0v) is 11.9. The Labute approximate surface area is 122 Å². The van der Waals surface area contributed by atoms with Gasteiger partial charge in [-0.25, -0.2) is 0 Å². The van der Waals surface area contributed by atoms with Gasteiger partial charge in [0.2, 0.25) is 0 Å². The van der Waals surface area contributed by atoms with Crippen LogP contribution in [-0.4, -0.2) is 44.2 Å². The van der Waals surface area contributed by atoms with E-state index in [2.05, 4.69) is 14.5 Å². The third-order valence-electron chi connectivity index (χ3n) is 3.06. The van der Waals surface area contributed by atoms with Crippen molar-refractivity contribution >= 4 is 28.5 Å². The molecule has 0 saturated heterocycles. The standard InChI is InChI=1S/C15H16N2O4/c1-20-14(18)9-17(10-15(19)21-2)13-7-8-16-12-6-4-3-5-11(12)13/h3-8H,9-10H2,1-2H3. The molecule has 0 atom stereocenters. The van der Waals surface area contributed by atoms with Crippen molar-refractivity contribution in [1.29, 1.82) is 0 Å². The Hall–Kier alpha value is -2.63. The van der Waals surface area contributed by atoms with Crippen molar-refractivity contribution < 1.29 is 19.1 Å². The largest absolute Gasteiger partial charge is 0.468 e. The van der Waals surface area contributed by atoms with Crippen LogP contribution in [0.5, 0.6) is 0 Å². The van der Waals surface area contributed by atoms with E-state index < -0.39 is 11.9 Å². The Morgan fingerprint density at radius 2 is 1.67 bits per heavy atom. The van der Waals surface area contributed by atoms with Gasteiger partial charge in [0.1, 0.15) is 13.1 Å². The summed E-state index contributed by atoms with van der Waals surface area (Å²) in [6.45, 7) is -0.0841. The summed E-state index contributed by atoms with van der Waals surface area (Å²) in [5, 5.41) is 0.854. The Morgan fingerprint density at radius 3 is 2.29 bits per heavy atom. The number of pyridine rings is 1. The molecule has 1 aromatic carbocycles. The van der Waals surface area contributed by atoms with Crippen molar-refractivity contribution in [2.45, 2.75) is 0 Å². The summed E-state index contributed by atoms with van der Waals surface area (Å²) in [6, 6.07) is 9.27. The van der Waals surface area contributed by atoms with Gasteiger partial charge in [0.15, 0.2) is 0 Å². The van der Waals surface area contributed by atoms with Crippen LogP contribution in [0.15, 0.2) is 36.5 Å². The fraction of sp³-hybridized carbons (Fsp3) is 0.267. The lowest BCUT2D eigenvalue weighted by Crippen LogP contribution is -2.35. The van der Waals surface area contributed by atoms with Crippen molar-refractivity contribution in [3.8, 4) is 0 Å². The lowest BCUT2D eigenvalue weighted by molar-refractivity contribution is -0.140. The lowest BCUT2D eigenvalue weighted by atomic mass is 10.1. The molecule has 110 valence electrons. The van der Waals surface area contributed by atoms with Gasteiger partial charge in [-0.1, -0.05) is 18.2 Å². The highest BCUT2D eigenvalue weighted by Gasteiger charge is 2.18. The zero-order chi connectivity index (χ0) is 15.2. The van der Waals surface area contributed by atoms with Gasteiger partial charge in [-0.15, -0.1) is 0 Å². The molecule has 1 heterocycles. The first-order valence-corrected chi connectivity index (χ1v) is 6.38. The second kappa shape index (κ2) is 6.69. The fourth-order valence-electron chi connectivity index (χ4n) is 2.02. The summed E-state index contributed by atoms with van der Waals surface area (Å²) < 4.78 is 9.36. The van der Waals surface area contributed by atoms with Gasteiger partial charge < -0.3 is 14.4 Å². The summed E-state index contributed by atoms with van der Waals surface area (Å²) in [6.07, 6.45) is 1.64. The highest BCUT2D eigenvalue weighted by Crippen LogP contribution is 2.25. The second-order valence-corrected chi connectivity index (χ2v) is 4.36. The molecule has 0 aliphatic carbocycles. The number of carbonyl (C=O) groups excluding carboxylic acids is 2. The molecule has 0 fully saturated rings. The van der Waals surface area contributed by atoms with Crippen molar-refractivity contribution in [2.75, 3.05) is 32.2 Å². The molecular weight excluding hydrogens is 272 g/mol. The molecular formula is C15H16N2O4. The van der Waals surface area contributed by atoms with E-state index in [0.717, 1.165) is 16.6 Å². The van der Waals surface area contributed by atoms with E-state index in [0.29, 0.717) is 0 Å². The molecule has 0 N–H and O–H groups in total. The van der Waals surface area contributed by atoms with Crippen molar-refractivity contribution in [3.05, 3.63) is 36.5 Å². The van der Waals surface area contributed by atoms with E-state index >= 15 is 0 Å². The van der Waals surface area contributed by atoms with Crippen LogP contribution in [0.1, 0.15) is 0 Å². The number of hydrogen-bond donors (Lipinski definition) is 0. The van der Waals surface area contributed by atoms with E-state index in [1.165, 1.54) is 14.2 Å². The summed E-state index contributed by atoms with van der Waals surface area (Å²) in [4.78, 5) is 29.0. The average molecular weight is 288 g/mol. The van der Waals surface area contributed by atoms with Crippen molar-refractivity contribution in [2.24, 2.45) is 0 Å². The third kappa shape index (κ3) is 3.47. The first-order valence-electron chi connectivity index (χ1n) is 6.38. The molecule has 6 heteroatoms. The number of rotatable bonds is 5. The minimum atomic E-state index is -0.431. The number of anilines is 1. The molecule has 0 amide bonds. The Balaban J connectivity index is 2.42. The average Bonchev–Trinajstić information content (AvgIpc) is 2.53. The molecule has 0 aliphatic heterocycles. The monoisotopic (exact) mass is 288 g/mol. The molecule has 1 aromatic heterocycles. The molecule has 21 heavy (non-hydrogen) atoms. The van der Waals surface area contributed by atoms with Crippen LogP contribution >= 0.6 is 0 Å². The highest BCUT2D eigenvalue weighted by atomic mass is 16.5. The number of para-hydroxylation sites is 1. The molecule has 0 aliphatic rings. The number of nitrogens with zero attached hydrogens (tertiary/aromatic N) is 2. The Kier molecular flexibility index (Phi) is 4.71. The van der Waals surface area contributed by atoms with E-state index in [9.17, 15) is 9.59 Å². The predicted octanol–water partition coefficient (Wildman–Crippen LogP) is 1.39. The molecule has 0 radical (unpaired) electrons. The Morgan fingerprint density at radius 1 is 1.05 bits per heavy atom. The van der Waals surface area contributed by atoms with Crippen LogP contribution in [0.2, 0.25) is 0 Å². The molecule has 0 spiro atoms. The minimum absolute atomic E-state index is 0.0421. The fourth-order valence-corrected chi connectivity index (χ4v) is 2.02. The number of fused-ring (bicyclic) bond motifs is 1. The van der Waals surface area contributed by atoms with Gasteiger partial charge in [0.05, 0.1) is 19.7 Å². The first kappa shape index (κ1) is 14.8. The van der Waals surface area contributed by atoms with Crippen LogP contribution < -0.4 is 4.90 Å². The van der Waals surface area contributed by atoms with E-state index in [-0.39, 0.29) is 13.1 Å². The topological polar surface area (TPSA) is 68.7 Å². The maximum Gasteiger partial charge on any atom is 0.325 e. The molecule has 6 nitrogen and oxygen atoms in total. The van der Waals surface area contributed by atoms with E-state index in [4.69, 9.17) is 0 Å². The summed E-state index contributed by atoms with van der Waals surface area (Å²) >= 11 is 0. The number of benzene rings is 1. The number of methoxy groups -OCH3 is 2. The van der Waals surface area contributed by atoms with Gasteiger partial charge >= 0.3 is 11.9 Å². The van der Waals surface area contributed by atoms with Crippen LogP contribution in [-0.2, 0) is 19.1 Å². The number of esters is 2. The Bertz CT molecular complexity index is 634. The highest BCUT2D eigenvalue weighted by molar-refractivity contribution is 5.94. The number of aromatic nitrogens is 1. The zero-order valence-electron chi connectivity index (χ0n) is 11.9. The molecule has 0 saturated carbocycles. The quantitative estimate of drug-likeness (QED) is 0.774. The first-order chi connectivity index (χ1) is 10.2. The molecule has 0 unspecified atom stereocenters. The lowest BCUT2D eigenvalue weighted by Gasteiger charge is -2.23. The van der Waals surface area contributed by atoms with Crippen LogP contribution in [0.3, 0.4) is 0 Å². The van der Waals surface area contributed by atoms with Crippen LogP contribution in [0.25, 0.3) is 10.9 Å². The van der Waals surface area contributed by atoms with Gasteiger partial charge in [-0.3, -0.25) is 14.6 Å². The smallest absolute Gasteiger partial charge is 0.325 e. The van der Waals surface area contributed by atoms with Crippen LogP contribution in [0, 0.1) is 0 Å². The van der Waals surface area contributed by atoms with Gasteiger partial charge in [-0.2, -0.15) is 0 Å². The summed E-state index contributed by atoms with van der Waals surface area (Å²) in [7, 11) is 2.62. The summed E-state index contributed by atoms with van der Waals surface area (Å²) in [5.74, 6) is -0.861. The predicted molar refractivity (Wildman–Crippen MR) is 78.0 cm³/mol. The van der Waals surface area contributed by atoms with Gasteiger partial charge in [0, 0.05) is 17.3 Å². The molecule has 0 bridgehead atoms. The second-order valence-electron chi connectivity index (χ2n) is 4.36. The maximum atomic E-state index is 11.6. The van der Waals surface area contributed by atoms with Crippen LogP contribution in [0.4, 0.5) is 5.69 Å². The number of ether oxygens (including phenoxy) is 2. The number of hydrogen-bond acceptors (Lipinski definition) is 6. The minimum Gasteiger partial charge on any atom is -0.468 e. The van der Waals surface area contributed by atoms with E-state index in [1.807, 2.05) is 24.3 Å². The van der Waals surface area contributed by atoms with Gasteiger partial charge in [-0.05, 0) is 12.1 Å². The maximum absolute atomic E-state index is 11.6. The van der Waals surface area contributed by atoms with Crippen molar-refractivity contribution in [1.82, 2.24) is 4.98 Å². The molecule has 2 aromatic rings. The summed E-state index contributed by atoms with van der Waals surface area (Å²) in [5.41, 5.74) is 1.52. The number of carbonyl (C=O) groups is 2. The van der Waals surface area contributed by atoms with E-state index in [1.54, 1.807) is 17.2 Å².